The molecule has 0 saturated heterocycles. The SMILES string of the molecule is CC(C)C1[C]2CC3CC(C2)CC1C3. The van der Waals surface area contributed by atoms with Crippen LogP contribution in [0.2, 0.25) is 0 Å². The Labute approximate surface area is 82.1 Å². The lowest BCUT2D eigenvalue weighted by atomic mass is 9.50. The maximum absolute atomic E-state index is 2.43. The van der Waals surface area contributed by atoms with E-state index in [1.807, 2.05) is 5.92 Å². The lowest BCUT2D eigenvalue weighted by molar-refractivity contribution is 0.0228. The Hall–Kier alpha value is 0. The van der Waals surface area contributed by atoms with Gasteiger partial charge in [0.2, 0.25) is 0 Å². The van der Waals surface area contributed by atoms with Gasteiger partial charge in [0.1, 0.15) is 0 Å². The van der Waals surface area contributed by atoms with Crippen LogP contribution in [0.25, 0.3) is 0 Å². The largest absolute Gasteiger partial charge is 0.0625 e. The Kier molecular flexibility index (Phi) is 1.76. The van der Waals surface area contributed by atoms with E-state index in [2.05, 4.69) is 13.8 Å². The van der Waals surface area contributed by atoms with Gasteiger partial charge in [0.05, 0.1) is 0 Å². The highest BCUT2D eigenvalue weighted by Gasteiger charge is 2.48. The summed E-state index contributed by atoms with van der Waals surface area (Å²) in [5.41, 5.74) is 0. The minimum Gasteiger partial charge on any atom is -0.0625 e. The van der Waals surface area contributed by atoms with Crippen molar-refractivity contribution in [2.45, 2.75) is 46.0 Å². The first-order valence-electron chi connectivity index (χ1n) is 6.08. The van der Waals surface area contributed by atoms with Crippen molar-refractivity contribution in [1.29, 1.82) is 0 Å². The molecule has 4 fully saturated rings. The third-order valence-electron chi connectivity index (χ3n) is 4.74. The molecule has 0 spiro atoms. The number of rotatable bonds is 1. The van der Waals surface area contributed by atoms with Crippen molar-refractivity contribution < 1.29 is 0 Å². The molecule has 4 saturated carbocycles. The lowest BCUT2D eigenvalue weighted by Crippen LogP contribution is -2.45. The number of hydrogen-bond acceptors (Lipinski definition) is 0. The standard InChI is InChI=1S/C13H21/c1-8(2)13-11-4-9-3-10(6-11)7-12(13)5-9/h8-11,13H,3-7H2,1-2H3. The zero-order valence-electron chi connectivity index (χ0n) is 8.92. The summed E-state index contributed by atoms with van der Waals surface area (Å²) in [4.78, 5) is 0. The van der Waals surface area contributed by atoms with Gasteiger partial charge in [0.15, 0.2) is 0 Å². The van der Waals surface area contributed by atoms with Crippen LogP contribution in [0, 0.1) is 35.5 Å². The van der Waals surface area contributed by atoms with Crippen LogP contribution in [0.5, 0.6) is 0 Å². The molecule has 4 rings (SSSR count). The van der Waals surface area contributed by atoms with Crippen molar-refractivity contribution in [2.75, 3.05) is 0 Å². The van der Waals surface area contributed by atoms with E-state index in [4.69, 9.17) is 0 Å². The minimum absolute atomic E-state index is 0.917. The van der Waals surface area contributed by atoms with Crippen molar-refractivity contribution in [2.24, 2.45) is 29.6 Å². The van der Waals surface area contributed by atoms with Crippen LogP contribution in [0.4, 0.5) is 0 Å². The molecule has 0 aromatic heterocycles. The molecule has 73 valence electrons. The van der Waals surface area contributed by atoms with Gasteiger partial charge in [-0.25, -0.2) is 0 Å². The molecule has 0 N–H and O–H groups in total. The summed E-state index contributed by atoms with van der Waals surface area (Å²) in [6.07, 6.45) is 7.74. The van der Waals surface area contributed by atoms with Gasteiger partial charge in [0.25, 0.3) is 0 Å². The van der Waals surface area contributed by atoms with Crippen molar-refractivity contribution in [3.63, 3.8) is 0 Å². The van der Waals surface area contributed by atoms with Crippen molar-refractivity contribution >= 4 is 0 Å². The summed E-state index contributed by atoms with van der Waals surface area (Å²) >= 11 is 0. The van der Waals surface area contributed by atoms with Gasteiger partial charge in [-0.15, -0.1) is 0 Å². The van der Waals surface area contributed by atoms with Crippen LogP contribution in [0.15, 0.2) is 0 Å². The third-order valence-corrected chi connectivity index (χ3v) is 4.74. The molecule has 3 unspecified atom stereocenters. The Morgan fingerprint density at radius 1 is 1.00 bits per heavy atom. The van der Waals surface area contributed by atoms with E-state index in [-0.39, 0.29) is 0 Å². The molecule has 3 atom stereocenters. The van der Waals surface area contributed by atoms with Crippen LogP contribution in [-0.4, -0.2) is 0 Å². The van der Waals surface area contributed by atoms with Gasteiger partial charge in [0, 0.05) is 0 Å². The Morgan fingerprint density at radius 2 is 1.62 bits per heavy atom. The van der Waals surface area contributed by atoms with Crippen LogP contribution in [0.3, 0.4) is 0 Å². The second-order valence-electron chi connectivity index (χ2n) is 6.04. The third kappa shape index (κ3) is 1.17. The molecule has 4 bridgehead atoms. The molecule has 13 heavy (non-hydrogen) atoms. The van der Waals surface area contributed by atoms with Gasteiger partial charge < -0.3 is 0 Å². The molecule has 0 aromatic rings. The quantitative estimate of drug-likeness (QED) is 0.573. The van der Waals surface area contributed by atoms with E-state index in [9.17, 15) is 0 Å². The molecule has 0 aromatic carbocycles. The summed E-state index contributed by atoms with van der Waals surface area (Å²) in [5, 5.41) is 0. The highest BCUT2D eigenvalue weighted by atomic mass is 14.5. The van der Waals surface area contributed by atoms with Gasteiger partial charge in [-0.1, -0.05) is 13.8 Å². The normalized spacial score (nSPS) is 49.2. The highest BCUT2D eigenvalue weighted by Crippen LogP contribution is 2.59. The van der Waals surface area contributed by atoms with E-state index in [0.29, 0.717) is 0 Å². The average Bonchev–Trinajstić information content (AvgIpc) is 2.00. The predicted molar refractivity (Wildman–Crippen MR) is 55.1 cm³/mol. The van der Waals surface area contributed by atoms with E-state index in [1.165, 1.54) is 12.8 Å². The summed E-state index contributed by atoms with van der Waals surface area (Å²) in [6, 6.07) is 0. The molecule has 0 amide bonds. The summed E-state index contributed by atoms with van der Waals surface area (Å²) in [7, 11) is 0. The van der Waals surface area contributed by atoms with E-state index in [1.54, 1.807) is 19.3 Å². The smallest absolute Gasteiger partial charge is 0.0199 e. The summed E-state index contributed by atoms with van der Waals surface area (Å²) in [6.45, 7) is 4.86. The van der Waals surface area contributed by atoms with Crippen molar-refractivity contribution in [3.8, 4) is 0 Å². The van der Waals surface area contributed by atoms with Gasteiger partial charge in [-0.05, 0) is 67.6 Å². The zero-order valence-corrected chi connectivity index (χ0v) is 8.92. The van der Waals surface area contributed by atoms with E-state index in [0.717, 1.165) is 29.6 Å². The van der Waals surface area contributed by atoms with E-state index < -0.39 is 0 Å². The summed E-state index contributed by atoms with van der Waals surface area (Å²) in [5.74, 6) is 7.23. The van der Waals surface area contributed by atoms with Gasteiger partial charge in [-0.2, -0.15) is 0 Å². The zero-order chi connectivity index (χ0) is 9.00. The first-order valence-corrected chi connectivity index (χ1v) is 6.08. The Balaban J connectivity index is 1.85. The maximum atomic E-state index is 2.43. The monoisotopic (exact) mass is 177 g/mol. The molecular formula is C13H21. The molecule has 0 heteroatoms. The van der Waals surface area contributed by atoms with Crippen LogP contribution < -0.4 is 0 Å². The van der Waals surface area contributed by atoms with Gasteiger partial charge in [-0.3, -0.25) is 0 Å². The van der Waals surface area contributed by atoms with Crippen LogP contribution >= 0.6 is 0 Å². The molecule has 1 radical (unpaired) electrons. The van der Waals surface area contributed by atoms with Crippen molar-refractivity contribution in [3.05, 3.63) is 5.92 Å². The fourth-order valence-electron chi connectivity index (χ4n) is 4.69. The molecule has 4 aliphatic rings. The molecule has 0 aliphatic heterocycles. The van der Waals surface area contributed by atoms with Crippen LogP contribution in [-0.2, 0) is 0 Å². The molecule has 4 aliphatic carbocycles. The van der Waals surface area contributed by atoms with Crippen LogP contribution in [0.1, 0.15) is 46.0 Å². The van der Waals surface area contributed by atoms with E-state index >= 15 is 0 Å². The van der Waals surface area contributed by atoms with Crippen molar-refractivity contribution in [1.82, 2.24) is 0 Å². The predicted octanol–water partition coefficient (Wildman–Crippen LogP) is 3.67. The van der Waals surface area contributed by atoms with Gasteiger partial charge >= 0.3 is 0 Å². The molecular weight excluding hydrogens is 156 g/mol. The maximum Gasteiger partial charge on any atom is -0.0199 e. The number of hydrogen-bond donors (Lipinski definition) is 0. The molecule has 0 nitrogen and oxygen atoms in total. The first-order chi connectivity index (χ1) is 6.24. The molecule has 0 heterocycles. The second-order valence-corrected chi connectivity index (χ2v) is 6.04. The fourth-order valence-corrected chi connectivity index (χ4v) is 4.69. The topological polar surface area (TPSA) is 0 Å². The summed E-state index contributed by atoms with van der Waals surface area (Å²) < 4.78 is 0. The first kappa shape index (κ1) is 8.32. The Morgan fingerprint density at radius 3 is 2.08 bits per heavy atom. The minimum atomic E-state index is 0.917. The fraction of sp³-hybridized carbons (Fsp3) is 0.923. The second kappa shape index (κ2) is 2.74. The highest BCUT2D eigenvalue weighted by molar-refractivity contribution is 5.13. The average molecular weight is 177 g/mol. The Bertz CT molecular complexity index is 176. The lowest BCUT2D eigenvalue weighted by Gasteiger charge is -2.55.